The van der Waals surface area contributed by atoms with Crippen LogP contribution in [0.15, 0.2) is 18.2 Å². The summed E-state index contributed by atoms with van der Waals surface area (Å²) in [6.45, 7) is 0.510. The van der Waals surface area contributed by atoms with E-state index >= 15 is 0 Å². The summed E-state index contributed by atoms with van der Waals surface area (Å²) in [7, 11) is 1.54. The van der Waals surface area contributed by atoms with Gasteiger partial charge in [0.2, 0.25) is 0 Å². The third kappa shape index (κ3) is 2.66. The molecule has 0 unspecified atom stereocenters. The number of rotatable bonds is 4. The number of carbonyl (C=O) groups is 1. The Kier molecular flexibility index (Phi) is 2.99. The van der Waals surface area contributed by atoms with Gasteiger partial charge in [-0.25, -0.2) is 4.79 Å². The first-order valence-electron chi connectivity index (χ1n) is 5.30. The summed E-state index contributed by atoms with van der Waals surface area (Å²) in [5.41, 5.74) is 6.59. The first-order valence-corrected chi connectivity index (χ1v) is 5.30. The lowest BCUT2D eigenvalue weighted by Gasteiger charge is -2.06. The molecule has 0 spiro atoms. The average molecular weight is 221 g/mol. The third-order valence-electron chi connectivity index (χ3n) is 2.55. The number of hydrogen-bond donors (Lipinski definition) is 1. The Labute approximate surface area is 94.3 Å². The van der Waals surface area contributed by atoms with Crippen LogP contribution in [-0.2, 0) is 4.74 Å². The van der Waals surface area contributed by atoms with Gasteiger partial charge < -0.3 is 15.2 Å². The summed E-state index contributed by atoms with van der Waals surface area (Å²) in [4.78, 5) is 11.7. The maximum absolute atomic E-state index is 11.7. The van der Waals surface area contributed by atoms with Crippen molar-refractivity contribution in [1.29, 1.82) is 0 Å². The smallest absolute Gasteiger partial charge is 0.338 e. The molecule has 0 radical (unpaired) electrons. The van der Waals surface area contributed by atoms with Crippen LogP contribution in [0.3, 0.4) is 0 Å². The minimum absolute atomic E-state index is 0.336. The van der Waals surface area contributed by atoms with Gasteiger partial charge in [-0.15, -0.1) is 0 Å². The van der Waals surface area contributed by atoms with Gasteiger partial charge in [0.05, 0.1) is 19.3 Å². The molecule has 1 aromatic carbocycles. The quantitative estimate of drug-likeness (QED) is 0.622. The molecule has 4 nitrogen and oxygen atoms in total. The normalized spacial score (nSPS) is 14.6. The molecule has 1 aliphatic carbocycles. The topological polar surface area (TPSA) is 61.5 Å². The van der Waals surface area contributed by atoms with Gasteiger partial charge in [0.1, 0.15) is 5.75 Å². The second kappa shape index (κ2) is 4.43. The zero-order valence-corrected chi connectivity index (χ0v) is 9.23. The summed E-state index contributed by atoms with van der Waals surface area (Å²) in [6, 6.07) is 4.89. The molecule has 0 saturated heterocycles. The summed E-state index contributed by atoms with van der Waals surface area (Å²) in [6.07, 6.45) is 2.32. The summed E-state index contributed by atoms with van der Waals surface area (Å²) in [5.74, 6) is 0.794. The van der Waals surface area contributed by atoms with Crippen LogP contribution in [0.25, 0.3) is 0 Å². The van der Waals surface area contributed by atoms with Gasteiger partial charge >= 0.3 is 5.97 Å². The van der Waals surface area contributed by atoms with E-state index in [9.17, 15) is 4.79 Å². The van der Waals surface area contributed by atoms with Crippen LogP contribution in [-0.4, -0.2) is 19.7 Å². The average Bonchev–Trinajstić information content (AvgIpc) is 3.08. The predicted molar refractivity (Wildman–Crippen MR) is 60.4 cm³/mol. The molecule has 0 aliphatic heterocycles. The second-order valence-electron chi connectivity index (χ2n) is 4.04. The Balaban J connectivity index is 2.05. The Morgan fingerprint density at radius 1 is 1.44 bits per heavy atom. The number of nitrogens with two attached hydrogens (primary N) is 1. The first-order chi connectivity index (χ1) is 7.69. The minimum Gasteiger partial charge on any atom is -0.497 e. The molecule has 0 atom stereocenters. The van der Waals surface area contributed by atoms with Gasteiger partial charge in [-0.3, -0.25) is 0 Å². The molecular formula is C12H15NO3. The monoisotopic (exact) mass is 221 g/mol. The van der Waals surface area contributed by atoms with Crippen molar-refractivity contribution >= 4 is 11.7 Å². The highest BCUT2D eigenvalue weighted by Crippen LogP contribution is 2.29. The van der Waals surface area contributed by atoms with Crippen LogP contribution in [0.1, 0.15) is 23.2 Å². The second-order valence-corrected chi connectivity index (χ2v) is 4.04. The molecule has 0 bridgehead atoms. The first kappa shape index (κ1) is 10.8. The van der Waals surface area contributed by atoms with Crippen LogP contribution in [0.2, 0.25) is 0 Å². The number of esters is 1. The van der Waals surface area contributed by atoms with Crippen molar-refractivity contribution in [3.8, 4) is 5.75 Å². The van der Waals surface area contributed by atoms with E-state index in [0.717, 1.165) is 12.8 Å². The number of hydrogen-bond acceptors (Lipinski definition) is 4. The maximum Gasteiger partial charge on any atom is 0.338 e. The SMILES string of the molecule is COc1cc(N)cc(C(=O)OCC2CC2)c1. The van der Waals surface area contributed by atoms with E-state index in [4.69, 9.17) is 15.2 Å². The number of methoxy groups -OCH3 is 1. The standard InChI is InChI=1S/C12H15NO3/c1-15-11-5-9(4-10(13)6-11)12(14)16-7-8-2-3-8/h4-6,8H,2-3,7,13H2,1H3. The molecule has 2 rings (SSSR count). The molecule has 1 saturated carbocycles. The van der Waals surface area contributed by atoms with Crippen molar-refractivity contribution in [1.82, 2.24) is 0 Å². The van der Waals surface area contributed by atoms with Crippen molar-refractivity contribution in [3.05, 3.63) is 23.8 Å². The number of nitrogen functional groups attached to an aromatic ring is 1. The van der Waals surface area contributed by atoms with Gasteiger partial charge in [-0.05, 0) is 30.9 Å². The third-order valence-corrected chi connectivity index (χ3v) is 2.55. The van der Waals surface area contributed by atoms with Gasteiger partial charge in [0, 0.05) is 11.8 Å². The lowest BCUT2D eigenvalue weighted by Crippen LogP contribution is -2.08. The molecule has 86 valence electrons. The van der Waals surface area contributed by atoms with Gasteiger partial charge in [0.15, 0.2) is 0 Å². The molecule has 1 fully saturated rings. The van der Waals surface area contributed by atoms with Crippen LogP contribution >= 0.6 is 0 Å². The molecule has 0 heterocycles. The fourth-order valence-electron chi connectivity index (χ4n) is 1.42. The predicted octanol–water partition coefficient (Wildman–Crippen LogP) is 1.84. The Morgan fingerprint density at radius 2 is 2.19 bits per heavy atom. The molecular weight excluding hydrogens is 206 g/mol. The van der Waals surface area contributed by atoms with Crippen molar-refractivity contribution in [2.75, 3.05) is 19.5 Å². The molecule has 16 heavy (non-hydrogen) atoms. The molecule has 1 aromatic rings. The maximum atomic E-state index is 11.7. The van der Waals surface area contributed by atoms with Crippen LogP contribution in [0.5, 0.6) is 5.75 Å². The van der Waals surface area contributed by atoms with Gasteiger partial charge in [-0.1, -0.05) is 0 Å². The minimum atomic E-state index is -0.336. The lowest BCUT2D eigenvalue weighted by atomic mass is 10.2. The zero-order chi connectivity index (χ0) is 11.5. The van der Waals surface area contributed by atoms with E-state index in [1.807, 2.05) is 0 Å². The van der Waals surface area contributed by atoms with Crippen LogP contribution < -0.4 is 10.5 Å². The van der Waals surface area contributed by atoms with E-state index in [1.54, 1.807) is 18.2 Å². The van der Waals surface area contributed by atoms with E-state index in [2.05, 4.69) is 0 Å². The van der Waals surface area contributed by atoms with Crippen molar-refractivity contribution in [2.24, 2.45) is 5.92 Å². The Hall–Kier alpha value is -1.71. The van der Waals surface area contributed by atoms with Crippen molar-refractivity contribution in [3.63, 3.8) is 0 Å². The molecule has 2 N–H and O–H groups in total. The number of anilines is 1. The number of carbonyl (C=O) groups excluding carboxylic acids is 1. The summed E-state index contributed by atoms with van der Waals surface area (Å²) in [5, 5.41) is 0. The largest absolute Gasteiger partial charge is 0.497 e. The van der Waals surface area contributed by atoms with E-state index in [1.165, 1.54) is 7.11 Å². The Bertz CT molecular complexity index is 399. The van der Waals surface area contributed by atoms with E-state index in [0.29, 0.717) is 29.5 Å². The highest BCUT2D eigenvalue weighted by atomic mass is 16.5. The fourth-order valence-corrected chi connectivity index (χ4v) is 1.42. The van der Waals surface area contributed by atoms with Gasteiger partial charge in [-0.2, -0.15) is 0 Å². The lowest BCUT2D eigenvalue weighted by molar-refractivity contribution is 0.0486. The van der Waals surface area contributed by atoms with Crippen LogP contribution in [0.4, 0.5) is 5.69 Å². The summed E-state index contributed by atoms with van der Waals surface area (Å²) < 4.78 is 10.2. The number of ether oxygens (including phenoxy) is 2. The number of benzene rings is 1. The molecule has 4 heteroatoms. The van der Waals surface area contributed by atoms with Crippen LogP contribution in [0, 0.1) is 5.92 Å². The van der Waals surface area contributed by atoms with Crippen molar-refractivity contribution < 1.29 is 14.3 Å². The fraction of sp³-hybridized carbons (Fsp3) is 0.417. The summed E-state index contributed by atoms with van der Waals surface area (Å²) >= 11 is 0. The zero-order valence-electron chi connectivity index (χ0n) is 9.23. The molecule has 0 aromatic heterocycles. The highest BCUT2D eigenvalue weighted by Gasteiger charge is 2.23. The highest BCUT2D eigenvalue weighted by molar-refractivity contribution is 5.91. The molecule has 1 aliphatic rings. The van der Waals surface area contributed by atoms with Crippen molar-refractivity contribution in [2.45, 2.75) is 12.8 Å². The molecule has 0 amide bonds. The van der Waals surface area contributed by atoms with E-state index in [-0.39, 0.29) is 5.97 Å². The van der Waals surface area contributed by atoms with Gasteiger partial charge in [0.25, 0.3) is 0 Å². The Morgan fingerprint density at radius 3 is 2.81 bits per heavy atom. The van der Waals surface area contributed by atoms with E-state index < -0.39 is 0 Å².